The molecule has 160 valence electrons. The normalized spacial score (nSPS) is 25.8. The minimum atomic E-state index is -4.25. The van der Waals surface area contributed by atoms with E-state index in [0.29, 0.717) is 12.4 Å². The van der Waals surface area contributed by atoms with E-state index < -0.39 is 40.5 Å². The minimum absolute atomic E-state index is 0.0915. The Labute approximate surface area is 177 Å². The van der Waals surface area contributed by atoms with Gasteiger partial charge in [0.1, 0.15) is 11.6 Å². The Morgan fingerprint density at radius 2 is 1.93 bits per heavy atom. The van der Waals surface area contributed by atoms with Gasteiger partial charge < -0.3 is 9.64 Å². The zero-order chi connectivity index (χ0) is 22.2. The van der Waals surface area contributed by atoms with E-state index in [-0.39, 0.29) is 17.2 Å². The summed E-state index contributed by atoms with van der Waals surface area (Å²) in [4.78, 5) is 28.4. The van der Waals surface area contributed by atoms with Crippen LogP contribution in [0.15, 0.2) is 35.2 Å². The number of amides is 2. The van der Waals surface area contributed by atoms with Crippen LogP contribution >= 0.6 is 11.8 Å². The summed E-state index contributed by atoms with van der Waals surface area (Å²) in [6, 6.07) is 6.46. The second-order valence-corrected chi connectivity index (χ2v) is 10.5. The molecule has 1 aromatic rings. The van der Waals surface area contributed by atoms with Crippen molar-refractivity contribution in [3.05, 3.63) is 30.3 Å². The van der Waals surface area contributed by atoms with E-state index in [9.17, 15) is 18.0 Å². The van der Waals surface area contributed by atoms with E-state index in [1.807, 2.05) is 0 Å². The molecule has 0 saturated carbocycles. The third-order valence-corrected chi connectivity index (χ3v) is 6.65. The number of carbonyl (C=O) groups is 2. The first-order valence-electron chi connectivity index (χ1n) is 9.77. The fraction of sp³-hybridized carbons (Fsp3) is 0.579. The molecule has 2 aliphatic heterocycles. The second-order valence-electron chi connectivity index (χ2n) is 7.86. The van der Waals surface area contributed by atoms with Gasteiger partial charge in [0.05, 0.1) is 24.8 Å². The van der Waals surface area contributed by atoms with Crippen LogP contribution in [0.1, 0.15) is 28.6 Å². The first kappa shape index (κ1) is 20.5. The van der Waals surface area contributed by atoms with E-state index in [0.717, 1.165) is 10.7 Å². The van der Waals surface area contributed by atoms with Crippen LogP contribution in [0.4, 0.5) is 4.79 Å². The summed E-state index contributed by atoms with van der Waals surface area (Å²) in [7, 11) is -4.25. The number of hydrogen-bond donors (Lipinski definition) is 0. The average Bonchev–Trinajstić information content (AvgIpc) is 3.28. The predicted molar refractivity (Wildman–Crippen MR) is 109 cm³/mol. The molecule has 0 radical (unpaired) electrons. The summed E-state index contributed by atoms with van der Waals surface area (Å²) in [5.41, 5.74) is -0.807. The van der Waals surface area contributed by atoms with Crippen LogP contribution in [0.2, 0.25) is 0 Å². The van der Waals surface area contributed by atoms with Crippen LogP contribution in [-0.4, -0.2) is 72.7 Å². The maximum absolute atomic E-state index is 13.0. The Hall–Kier alpha value is -1.78. The van der Waals surface area contributed by atoms with Crippen LogP contribution in [0.25, 0.3) is 0 Å². The fourth-order valence-electron chi connectivity index (χ4n) is 3.07. The van der Waals surface area contributed by atoms with Gasteiger partial charge in [0.15, 0.2) is 0 Å². The number of benzene rings is 1. The maximum atomic E-state index is 13.0. The molecule has 2 amide bonds. The van der Waals surface area contributed by atoms with Gasteiger partial charge in [0.25, 0.3) is 10.1 Å². The molecular formula is C19H26N2O6S2. The lowest BCUT2D eigenvalue weighted by Crippen LogP contribution is -2.48. The molecule has 0 aromatic heterocycles. The molecule has 1 aromatic carbocycles. The highest BCUT2D eigenvalue weighted by molar-refractivity contribution is 7.99. The highest BCUT2D eigenvalue weighted by atomic mass is 32.2. The summed E-state index contributed by atoms with van der Waals surface area (Å²) < 4.78 is 44.6. The molecule has 2 heterocycles. The molecule has 3 rings (SSSR count). The SMILES string of the molecule is [2H][C@@]1(OS(=O)(=O)c2ccccc2)C[C@@H](C(=O)N2CCSC2)N(C(=O)OC(C)(C)C)C1. The molecule has 29 heavy (non-hydrogen) atoms. The van der Waals surface area contributed by atoms with Crippen molar-refractivity contribution >= 4 is 33.9 Å². The lowest BCUT2D eigenvalue weighted by Gasteiger charge is -2.29. The van der Waals surface area contributed by atoms with Gasteiger partial charge in [-0.25, -0.2) is 4.79 Å². The fourth-order valence-corrected chi connectivity index (χ4v) is 5.05. The number of likely N-dealkylation sites (tertiary alicyclic amines) is 1. The first-order chi connectivity index (χ1) is 13.9. The Kier molecular flexibility index (Phi) is 6.03. The van der Waals surface area contributed by atoms with Crippen molar-refractivity contribution in [2.24, 2.45) is 0 Å². The first-order valence-corrected chi connectivity index (χ1v) is 11.8. The van der Waals surface area contributed by atoms with Crippen molar-refractivity contribution in [3.63, 3.8) is 0 Å². The number of ether oxygens (including phenoxy) is 1. The largest absolute Gasteiger partial charge is 0.444 e. The Morgan fingerprint density at radius 1 is 1.24 bits per heavy atom. The van der Waals surface area contributed by atoms with Crippen LogP contribution in [0.3, 0.4) is 0 Å². The third-order valence-electron chi connectivity index (χ3n) is 4.38. The van der Waals surface area contributed by atoms with Crippen molar-refractivity contribution in [1.29, 1.82) is 0 Å². The lowest BCUT2D eigenvalue weighted by atomic mass is 10.1. The minimum Gasteiger partial charge on any atom is -0.444 e. The Balaban J connectivity index is 1.85. The molecule has 10 heteroatoms. The summed E-state index contributed by atoms with van der Waals surface area (Å²) in [5.74, 6) is 0.947. The van der Waals surface area contributed by atoms with Crippen molar-refractivity contribution in [1.82, 2.24) is 9.80 Å². The molecule has 2 saturated heterocycles. The van der Waals surface area contributed by atoms with Crippen molar-refractivity contribution in [2.45, 2.75) is 49.8 Å². The molecule has 0 aliphatic carbocycles. The van der Waals surface area contributed by atoms with Gasteiger partial charge in [0.2, 0.25) is 5.91 Å². The van der Waals surface area contributed by atoms with Crippen LogP contribution in [0.5, 0.6) is 0 Å². The van der Waals surface area contributed by atoms with Gasteiger partial charge in [-0.05, 0) is 32.9 Å². The molecule has 0 unspecified atom stereocenters. The summed E-state index contributed by atoms with van der Waals surface area (Å²) in [6.45, 7) is 5.22. The van der Waals surface area contributed by atoms with Crippen molar-refractivity contribution in [2.75, 3.05) is 24.7 Å². The zero-order valence-corrected chi connectivity index (χ0v) is 18.3. The number of carbonyl (C=O) groups excluding carboxylic acids is 2. The number of nitrogens with zero attached hydrogens (tertiary/aromatic N) is 2. The van der Waals surface area contributed by atoms with Crippen LogP contribution < -0.4 is 0 Å². The van der Waals surface area contributed by atoms with Crippen LogP contribution in [-0.2, 0) is 23.8 Å². The number of rotatable bonds is 4. The van der Waals surface area contributed by atoms with E-state index in [1.54, 1.807) is 55.6 Å². The van der Waals surface area contributed by atoms with Gasteiger partial charge in [-0.3, -0.25) is 13.9 Å². The molecule has 2 atom stereocenters. The van der Waals surface area contributed by atoms with E-state index in [4.69, 9.17) is 10.3 Å². The smallest absolute Gasteiger partial charge is 0.411 e. The van der Waals surface area contributed by atoms with Gasteiger partial charge in [-0.2, -0.15) is 8.42 Å². The Bertz CT molecular complexity index is 899. The second kappa shape index (κ2) is 8.53. The third kappa shape index (κ3) is 5.43. The van der Waals surface area contributed by atoms with E-state index in [2.05, 4.69) is 0 Å². The molecule has 0 spiro atoms. The molecule has 8 nitrogen and oxygen atoms in total. The lowest BCUT2D eigenvalue weighted by molar-refractivity contribution is -0.134. The maximum Gasteiger partial charge on any atom is 0.411 e. The quantitative estimate of drug-likeness (QED) is 0.659. The molecular weight excluding hydrogens is 416 g/mol. The summed E-state index contributed by atoms with van der Waals surface area (Å²) in [6.07, 6.45) is -3.04. The average molecular weight is 444 g/mol. The number of thioether (sulfide) groups is 1. The number of hydrogen-bond acceptors (Lipinski definition) is 7. The zero-order valence-electron chi connectivity index (χ0n) is 17.7. The van der Waals surface area contributed by atoms with E-state index in [1.165, 1.54) is 12.1 Å². The monoisotopic (exact) mass is 443 g/mol. The van der Waals surface area contributed by atoms with Crippen molar-refractivity contribution in [3.8, 4) is 0 Å². The molecule has 0 bridgehead atoms. The highest BCUT2D eigenvalue weighted by Gasteiger charge is 2.45. The topological polar surface area (TPSA) is 93.2 Å². The van der Waals surface area contributed by atoms with Crippen molar-refractivity contribution < 1.29 is 28.3 Å². The van der Waals surface area contributed by atoms with Gasteiger partial charge in [-0.1, -0.05) is 18.2 Å². The van der Waals surface area contributed by atoms with E-state index >= 15 is 0 Å². The predicted octanol–water partition coefficient (Wildman–Crippen LogP) is 2.30. The van der Waals surface area contributed by atoms with Gasteiger partial charge in [-0.15, -0.1) is 11.8 Å². The van der Waals surface area contributed by atoms with Gasteiger partial charge >= 0.3 is 6.09 Å². The summed E-state index contributed by atoms with van der Waals surface area (Å²) in [5, 5.41) is 0. The summed E-state index contributed by atoms with van der Waals surface area (Å²) >= 11 is 1.59. The molecule has 0 N–H and O–H groups in total. The van der Waals surface area contributed by atoms with Gasteiger partial charge in [0, 0.05) is 18.7 Å². The standard InChI is InChI=1S/C19H26N2O6S2/c1-19(2,3)26-18(23)21-12-14(11-16(21)17(22)20-9-10-28-13-20)27-29(24,25)15-7-5-4-6-8-15/h4-8,14,16H,9-13H2,1-3H3/t14-,16+/m1/s1/i14D. The Morgan fingerprint density at radius 3 is 2.52 bits per heavy atom. The van der Waals surface area contributed by atoms with Crippen LogP contribution in [0, 0.1) is 0 Å². The highest BCUT2D eigenvalue weighted by Crippen LogP contribution is 2.28. The molecule has 2 aliphatic rings. The molecule has 2 fully saturated rings.